The first kappa shape index (κ1) is 11.5. The van der Waals surface area contributed by atoms with E-state index in [0.29, 0.717) is 12.1 Å². The van der Waals surface area contributed by atoms with E-state index in [0.717, 1.165) is 0 Å². The molecule has 0 aliphatic heterocycles. The normalized spacial score (nSPS) is 12.1. The zero-order chi connectivity index (χ0) is 11.3. The monoisotopic (exact) mass is 209 g/mol. The van der Waals surface area contributed by atoms with Crippen LogP contribution in [0.25, 0.3) is 0 Å². The molecule has 1 atom stereocenters. The van der Waals surface area contributed by atoms with Crippen LogP contribution < -0.4 is 5.32 Å². The lowest BCUT2D eigenvalue weighted by Gasteiger charge is -2.09. The van der Waals surface area contributed by atoms with Gasteiger partial charge in [0.05, 0.1) is 0 Å². The minimum absolute atomic E-state index is 0.0336. The van der Waals surface area contributed by atoms with Gasteiger partial charge in [-0.1, -0.05) is 13.0 Å². The van der Waals surface area contributed by atoms with Crippen LogP contribution in [0.15, 0.2) is 24.3 Å². The summed E-state index contributed by atoms with van der Waals surface area (Å²) >= 11 is 0. The Morgan fingerprint density at radius 2 is 2.27 bits per heavy atom. The van der Waals surface area contributed by atoms with Crippen LogP contribution in [0, 0.1) is 5.92 Å². The van der Waals surface area contributed by atoms with Gasteiger partial charge >= 0.3 is 0 Å². The first-order valence-corrected chi connectivity index (χ1v) is 4.81. The smallest absolute Gasteiger partial charge is 0.251 e. The second kappa shape index (κ2) is 5.36. The maximum absolute atomic E-state index is 11.5. The van der Waals surface area contributed by atoms with Gasteiger partial charge in [-0.15, -0.1) is 0 Å². The van der Waals surface area contributed by atoms with Crippen molar-refractivity contribution in [1.29, 1.82) is 0 Å². The van der Waals surface area contributed by atoms with E-state index >= 15 is 0 Å². The molecular formula is C11H15NO3. The van der Waals surface area contributed by atoms with E-state index in [2.05, 4.69) is 5.32 Å². The largest absolute Gasteiger partial charge is 0.508 e. The predicted octanol–water partition coefficient (Wildman–Crippen LogP) is 0.750. The summed E-state index contributed by atoms with van der Waals surface area (Å²) in [6, 6.07) is 6.14. The fourth-order valence-electron chi connectivity index (χ4n) is 1.08. The highest BCUT2D eigenvalue weighted by molar-refractivity contribution is 5.94. The Morgan fingerprint density at radius 3 is 2.87 bits per heavy atom. The number of aliphatic hydroxyl groups is 1. The second-order valence-corrected chi connectivity index (χ2v) is 3.55. The standard InChI is InChI=1S/C11H15NO3/c1-8(7-13)6-12-11(15)9-3-2-4-10(14)5-9/h2-5,8,13-14H,6-7H2,1H3,(H,12,15). The van der Waals surface area contributed by atoms with E-state index in [1.807, 2.05) is 6.92 Å². The summed E-state index contributed by atoms with van der Waals surface area (Å²) in [6.07, 6.45) is 0. The number of rotatable bonds is 4. The van der Waals surface area contributed by atoms with Crippen LogP contribution in [-0.4, -0.2) is 29.3 Å². The van der Waals surface area contributed by atoms with Crippen molar-refractivity contribution in [3.05, 3.63) is 29.8 Å². The molecule has 3 N–H and O–H groups in total. The molecule has 1 amide bonds. The highest BCUT2D eigenvalue weighted by Gasteiger charge is 2.07. The van der Waals surface area contributed by atoms with Gasteiger partial charge in [0.15, 0.2) is 0 Å². The molecule has 0 heterocycles. The molecule has 1 aromatic carbocycles. The Balaban J connectivity index is 2.54. The van der Waals surface area contributed by atoms with E-state index in [-0.39, 0.29) is 24.2 Å². The molecule has 82 valence electrons. The molecule has 15 heavy (non-hydrogen) atoms. The summed E-state index contributed by atoms with van der Waals surface area (Å²) in [6.45, 7) is 2.30. The molecule has 1 rings (SSSR count). The van der Waals surface area contributed by atoms with Gasteiger partial charge < -0.3 is 15.5 Å². The van der Waals surface area contributed by atoms with Crippen LogP contribution >= 0.6 is 0 Å². The number of carbonyl (C=O) groups excluding carboxylic acids is 1. The van der Waals surface area contributed by atoms with Gasteiger partial charge in [0.2, 0.25) is 0 Å². The summed E-state index contributed by atoms with van der Waals surface area (Å²) in [5, 5.41) is 20.6. The van der Waals surface area contributed by atoms with Crippen molar-refractivity contribution >= 4 is 5.91 Å². The van der Waals surface area contributed by atoms with Gasteiger partial charge in [-0.25, -0.2) is 0 Å². The maximum Gasteiger partial charge on any atom is 0.251 e. The lowest BCUT2D eigenvalue weighted by molar-refractivity contribution is 0.0942. The molecule has 0 saturated carbocycles. The molecule has 4 heteroatoms. The third-order valence-corrected chi connectivity index (χ3v) is 2.03. The molecule has 0 aliphatic rings. The van der Waals surface area contributed by atoms with E-state index in [9.17, 15) is 4.79 Å². The van der Waals surface area contributed by atoms with Crippen molar-refractivity contribution in [2.75, 3.05) is 13.2 Å². The molecule has 4 nitrogen and oxygen atoms in total. The molecule has 1 unspecified atom stereocenters. The summed E-state index contributed by atoms with van der Waals surface area (Å²) < 4.78 is 0. The minimum atomic E-state index is -0.244. The number of amides is 1. The van der Waals surface area contributed by atoms with Crippen molar-refractivity contribution < 1.29 is 15.0 Å². The highest BCUT2D eigenvalue weighted by Crippen LogP contribution is 2.10. The van der Waals surface area contributed by atoms with Crippen LogP contribution in [0.5, 0.6) is 5.75 Å². The summed E-state index contributed by atoms with van der Waals surface area (Å²) in [5.41, 5.74) is 0.417. The quantitative estimate of drug-likeness (QED) is 0.685. The maximum atomic E-state index is 11.5. The molecule has 0 fully saturated rings. The number of benzene rings is 1. The molecule has 1 aromatic rings. The summed E-state index contributed by atoms with van der Waals surface area (Å²) in [5.74, 6) is -0.143. The Hall–Kier alpha value is -1.55. The highest BCUT2D eigenvalue weighted by atomic mass is 16.3. The van der Waals surface area contributed by atoms with Crippen LogP contribution in [0.4, 0.5) is 0 Å². The van der Waals surface area contributed by atoms with Crippen LogP contribution in [-0.2, 0) is 0 Å². The molecule has 0 bridgehead atoms. The van der Waals surface area contributed by atoms with Crippen LogP contribution in [0.1, 0.15) is 17.3 Å². The Morgan fingerprint density at radius 1 is 1.53 bits per heavy atom. The van der Waals surface area contributed by atoms with Crippen molar-refractivity contribution in [3.8, 4) is 5.75 Å². The van der Waals surface area contributed by atoms with Gasteiger partial charge in [-0.2, -0.15) is 0 Å². The average Bonchev–Trinajstić information content (AvgIpc) is 2.25. The fourth-order valence-corrected chi connectivity index (χ4v) is 1.08. The molecular weight excluding hydrogens is 194 g/mol. The van der Waals surface area contributed by atoms with Crippen molar-refractivity contribution in [3.63, 3.8) is 0 Å². The van der Waals surface area contributed by atoms with E-state index in [1.54, 1.807) is 12.1 Å². The van der Waals surface area contributed by atoms with Crippen molar-refractivity contribution in [1.82, 2.24) is 5.32 Å². The zero-order valence-electron chi connectivity index (χ0n) is 8.60. The summed E-state index contributed by atoms with van der Waals surface area (Å²) in [4.78, 5) is 11.5. The van der Waals surface area contributed by atoms with E-state index in [4.69, 9.17) is 10.2 Å². The molecule has 0 aliphatic carbocycles. The van der Waals surface area contributed by atoms with Gasteiger partial charge in [-0.3, -0.25) is 4.79 Å². The third kappa shape index (κ3) is 3.59. The first-order chi connectivity index (χ1) is 7.13. The molecule has 0 aromatic heterocycles. The van der Waals surface area contributed by atoms with Crippen molar-refractivity contribution in [2.45, 2.75) is 6.92 Å². The SMILES string of the molecule is CC(CO)CNC(=O)c1cccc(O)c1. The van der Waals surface area contributed by atoms with Gasteiger partial charge in [0, 0.05) is 18.7 Å². The number of nitrogens with one attached hydrogen (secondary N) is 1. The number of aliphatic hydroxyl groups excluding tert-OH is 1. The predicted molar refractivity (Wildman–Crippen MR) is 56.7 cm³/mol. The van der Waals surface area contributed by atoms with Crippen LogP contribution in [0.3, 0.4) is 0 Å². The summed E-state index contributed by atoms with van der Waals surface area (Å²) in [7, 11) is 0. The molecule has 0 spiro atoms. The number of phenolic OH excluding ortho intramolecular Hbond substituents is 1. The topological polar surface area (TPSA) is 69.6 Å². The van der Waals surface area contributed by atoms with E-state index < -0.39 is 0 Å². The number of hydrogen-bond acceptors (Lipinski definition) is 3. The van der Waals surface area contributed by atoms with Crippen molar-refractivity contribution in [2.24, 2.45) is 5.92 Å². The van der Waals surface area contributed by atoms with Crippen LogP contribution in [0.2, 0.25) is 0 Å². The zero-order valence-corrected chi connectivity index (χ0v) is 8.60. The Bertz CT molecular complexity index is 338. The minimum Gasteiger partial charge on any atom is -0.508 e. The van der Waals surface area contributed by atoms with E-state index in [1.165, 1.54) is 12.1 Å². The van der Waals surface area contributed by atoms with Gasteiger partial charge in [0.1, 0.15) is 5.75 Å². The Kier molecular flexibility index (Phi) is 4.12. The van der Waals surface area contributed by atoms with Gasteiger partial charge in [-0.05, 0) is 24.1 Å². The molecule has 0 saturated heterocycles. The Labute approximate surface area is 88.6 Å². The third-order valence-electron chi connectivity index (χ3n) is 2.03. The lowest BCUT2D eigenvalue weighted by Crippen LogP contribution is -2.29. The average molecular weight is 209 g/mol. The number of carbonyl (C=O) groups is 1. The second-order valence-electron chi connectivity index (χ2n) is 3.55. The lowest BCUT2D eigenvalue weighted by atomic mass is 10.1. The number of phenols is 1. The number of hydrogen-bond donors (Lipinski definition) is 3. The fraction of sp³-hybridized carbons (Fsp3) is 0.364. The van der Waals surface area contributed by atoms with Gasteiger partial charge in [0.25, 0.3) is 5.91 Å². The molecule has 0 radical (unpaired) electrons. The number of aromatic hydroxyl groups is 1. The first-order valence-electron chi connectivity index (χ1n) is 4.81.